The molecular weight excluding hydrogens is 330 g/mol. The van der Waals surface area contributed by atoms with Crippen molar-refractivity contribution in [2.75, 3.05) is 7.11 Å². The summed E-state index contributed by atoms with van der Waals surface area (Å²) >= 11 is 3.54. The largest absolute Gasteiger partial charge is 0.495 e. The Kier molecular flexibility index (Phi) is 4.87. The molecule has 0 radical (unpaired) electrons. The Bertz CT molecular complexity index is 681. The van der Waals surface area contributed by atoms with E-state index in [0.717, 1.165) is 26.9 Å². The van der Waals surface area contributed by atoms with E-state index < -0.39 is 0 Å². The topological polar surface area (TPSA) is 42.2 Å². The van der Waals surface area contributed by atoms with Gasteiger partial charge in [0.1, 0.15) is 24.2 Å². The van der Waals surface area contributed by atoms with Crippen molar-refractivity contribution in [3.05, 3.63) is 57.1 Å². The lowest BCUT2D eigenvalue weighted by Crippen LogP contribution is -1.98. The van der Waals surface area contributed by atoms with Gasteiger partial charge >= 0.3 is 0 Å². The zero-order valence-electron chi connectivity index (χ0n) is 12.2. The number of aryl methyl sites for hydroxylation is 2. The van der Waals surface area contributed by atoms with E-state index in [1.54, 1.807) is 13.2 Å². The maximum absolute atomic E-state index is 8.97. The Morgan fingerprint density at radius 1 is 1.14 bits per heavy atom. The van der Waals surface area contributed by atoms with E-state index in [1.165, 1.54) is 0 Å². The van der Waals surface area contributed by atoms with Gasteiger partial charge in [0.2, 0.25) is 0 Å². The van der Waals surface area contributed by atoms with Gasteiger partial charge in [-0.1, -0.05) is 22.0 Å². The molecule has 0 aliphatic carbocycles. The standard InChI is InChI=1S/C17H16BrNO2/c1-11-6-15(7-12(2)17(11)18)21-10-13-4-5-14(9-19)16(8-13)20-3/h4-8H,10H2,1-3H3. The first-order valence-electron chi connectivity index (χ1n) is 6.51. The van der Waals surface area contributed by atoms with Crippen molar-refractivity contribution < 1.29 is 9.47 Å². The van der Waals surface area contributed by atoms with Gasteiger partial charge < -0.3 is 9.47 Å². The fourth-order valence-electron chi connectivity index (χ4n) is 2.07. The number of ether oxygens (including phenoxy) is 2. The van der Waals surface area contributed by atoms with Gasteiger partial charge in [-0.2, -0.15) is 5.26 Å². The van der Waals surface area contributed by atoms with E-state index in [-0.39, 0.29) is 0 Å². The summed E-state index contributed by atoms with van der Waals surface area (Å²) in [6, 6.07) is 11.5. The lowest BCUT2D eigenvalue weighted by Gasteiger charge is -2.11. The molecule has 0 bridgehead atoms. The highest BCUT2D eigenvalue weighted by molar-refractivity contribution is 9.10. The van der Waals surface area contributed by atoms with Crippen molar-refractivity contribution in [1.82, 2.24) is 0 Å². The molecule has 2 aromatic carbocycles. The summed E-state index contributed by atoms with van der Waals surface area (Å²) in [5.74, 6) is 1.40. The maximum atomic E-state index is 8.97. The minimum absolute atomic E-state index is 0.433. The first kappa shape index (κ1) is 15.4. The third kappa shape index (κ3) is 3.56. The SMILES string of the molecule is COc1cc(COc2cc(C)c(Br)c(C)c2)ccc1C#N. The normalized spacial score (nSPS) is 10.0. The van der Waals surface area contributed by atoms with E-state index in [1.807, 2.05) is 38.1 Å². The average molecular weight is 346 g/mol. The summed E-state index contributed by atoms with van der Waals surface area (Å²) in [7, 11) is 1.56. The predicted molar refractivity (Wildman–Crippen MR) is 85.7 cm³/mol. The van der Waals surface area contributed by atoms with Crippen molar-refractivity contribution in [3.8, 4) is 17.6 Å². The molecule has 0 aliphatic heterocycles. The Labute approximate surface area is 133 Å². The fourth-order valence-corrected chi connectivity index (χ4v) is 2.30. The highest BCUT2D eigenvalue weighted by Crippen LogP contribution is 2.27. The van der Waals surface area contributed by atoms with Gasteiger partial charge in [-0.15, -0.1) is 0 Å². The molecule has 0 heterocycles. The first-order valence-corrected chi connectivity index (χ1v) is 7.31. The Balaban J connectivity index is 2.15. The summed E-state index contributed by atoms with van der Waals surface area (Å²) in [4.78, 5) is 0. The number of hydrogen-bond donors (Lipinski definition) is 0. The van der Waals surface area contributed by atoms with Crippen molar-refractivity contribution in [1.29, 1.82) is 5.26 Å². The second-order valence-electron chi connectivity index (χ2n) is 4.81. The van der Waals surface area contributed by atoms with Crippen LogP contribution >= 0.6 is 15.9 Å². The van der Waals surface area contributed by atoms with E-state index in [0.29, 0.717) is 17.9 Å². The molecule has 4 heteroatoms. The molecule has 0 atom stereocenters. The predicted octanol–water partition coefficient (Wildman–Crippen LogP) is 4.53. The summed E-state index contributed by atoms with van der Waals surface area (Å²) < 4.78 is 12.1. The minimum Gasteiger partial charge on any atom is -0.495 e. The van der Waals surface area contributed by atoms with Crippen LogP contribution in [0.15, 0.2) is 34.8 Å². The van der Waals surface area contributed by atoms with Crippen molar-refractivity contribution in [2.24, 2.45) is 0 Å². The van der Waals surface area contributed by atoms with Gasteiger partial charge in [0.15, 0.2) is 0 Å². The second-order valence-corrected chi connectivity index (χ2v) is 5.60. The van der Waals surface area contributed by atoms with Crippen LogP contribution in [0.3, 0.4) is 0 Å². The van der Waals surface area contributed by atoms with Crippen LogP contribution < -0.4 is 9.47 Å². The molecule has 0 amide bonds. The van der Waals surface area contributed by atoms with Gasteiger partial charge in [0.25, 0.3) is 0 Å². The molecule has 2 rings (SSSR count). The molecule has 0 saturated carbocycles. The molecule has 0 aromatic heterocycles. The number of hydrogen-bond acceptors (Lipinski definition) is 3. The fraction of sp³-hybridized carbons (Fsp3) is 0.235. The van der Waals surface area contributed by atoms with Crippen LogP contribution in [0.1, 0.15) is 22.3 Å². The van der Waals surface area contributed by atoms with Gasteiger partial charge in [0, 0.05) is 4.47 Å². The van der Waals surface area contributed by atoms with Gasteiger partial charge in [-0.25, -0.2) is 0 Å². The van der Waals surface area contributed by atoms with Crippen LogP contribution in [0.2, 0.25) is 0 Å². The molecule has 2 aromatic rings. The van der Waals surface area contributed by atoms with Crippen LogP contribution in [-0.2, 0) is 6.61 Å². The molecular formula is C17H16BrNO2. The third-order valence-electron chi connectivity index (χ3n) is 3.20. The highest BCUT2D eigenvalue weighted by Gasteiger charge is 2.06. The molecule has 108 valence electrons. The Morgan fingerprint density at radius 2 is 1.81 bits per heavy atom. The van der Waals surface area contributed by atoms with Crippen LogP contribution in [-0.4, -0.2) is 7.11 Å². The number of methoxy groups -OCH3 is 1. The Morgan fingerprint density at radius 3 is 2.38 bits per heavy atom. The number of halogens is 1. The number of rotatable bonds is 4. The van der Waals surface area contributed by atoms with Gasteiger partial charge in [0.05, 0.1) is 12.7 Å². The van der Waals surface area contributed by atoms with Crippen LogP contribution in [0.5, 0.6) is 11.5 Å². The Hall–Kier alpha value is -1.99. The summed E-state index contributed by atoms with van der Waals surface area (Å²) in [5, 5.41) is 8.97. The van der Waals surface area contributed by atoms with Crippen molar-refractivity contribution in [3.63, 3.8) is 0 Å². The van der Waals surface area contributed by atoms with Gasteiger partial charge in [-0.3, -0.25) is 0 Å². The molecule has 21 heavy (non-hydrogen) atoms. The lowest BCUT2D eigenvalue weighted by molar-refractivity contribution is 0.304. The summed E-state index contributed by atoms with van der Waals surface area (Å²) in [6.45, 7) is 4.51. The van der Waals surface area contributed by atoms with E-state index in [9.17, 15) is 0 Å². The smallest absolute Gasteiger partial charge is 0.137 e. The van der Waals surface area contributed by atoms with E-state index in [2.05, 4.69) is 22.0 Å². The maximum Gasteiger partial charge on any atom is 0.137 e. The highest BCUT2D eigenvalue weighted by atomic mass is 79.9. The van der Waals surface area contributed by atoms with Crippen LogP contribution in [0.4, 0.5) is 0 Å². The number of nitriles is 1. The van der Waals surface area contributed by atoms with Crippen LogP contribution in [0, 0.1) is 25.2 Å². The molecule has 0 saturated heterocycles. The third-order valence-corrected chi connectivity index (χ3v) is 4.45. The molecule has 0 unspecified atom stereocenters. The van der Waals surface area contributed by atoms with Crippen LogP contribution in [0.25, 0.3) is 0 Å². The number of benzene rings is 2. The number of nitrogens with zero attached hydrogens (tertiary/aromatic N) is 1. The zero-order valence-corrected chi connectivity index (χ0v) is 13.8. The first-order chi connectivity index (χ1) is 10.0. The molecule has 0 aliphatic rings. The summed E-state index contributed by atoms with van der Waals surface area (Å²) in [6.07, 6.45) is 0. The van der Waals surface area contributed by atoms with Crippen molar-refractivity contribution >= 4 is 15.9 Å². The molecule has 0 fully saturated rings. The lowest BCUT2D eigenvalue weighted by atomic mass is 10.1. The molecule has 0 N–H and O–H groups in total. The summed E-state index contributed by atoms with van der Waals surface area (Å²) in [5.41, 5.74) is 3.77. The van der Waals surface area contributed by atoms with Crippen molar-refractivity contribution in [2.45, 2.75) is 20.5 Å². The zero-order chi connectivity index (χ0) is 15.4. The quantitative estimate of drug-likeness (QED) is 0.817. The second kappa shape index (κ2) is 6.64. The van der Waals surface area contributed by atoms with Gasteiger partial charge in [-0.05, 0) is 54.8 Å². The average Bonchev–Trinajstić information content (AvgIpc) is 2.50. The van der Waals surface area contributed by atoms with E-state index >= 15 is 0 Å². The minimum atomic E-state index is 0.433. The monoisotopic (exact) mass is 345 g/mol. The molecule has 3 nitrogen and oxygen atoms in total. The van der Waals surface area contributed by atoms with E-state index in [4.69, 9.17) is 14.7 Å². The molecule has 0 spiro atoms.